The highest BCUT2D eigenvalue weighted by atomic mass is 28.4. The maximum atomic E-state index is 6.25. The van der Waals surface area contributed by atoms with E-state index >= 15 is 0 Å². The van der Waals surface area contributed by atoms with Gasteiger partial charge in [0.25, 0.3) is 0 Å². The quantitative estimate of drug-likeness (QED) is 0.599. The Kier molecular flexibility index (Phi) is 2.47. The summed E-state index contributed by atoms with van der Waals surface area (Å²) in [6.07, 6.45) is 7.38. The minimum atomic E-state index is -2.18. The van der Waals surface area contributed by atoms with Crippen molar-refractivity contribution >= 4 is 13.7 Å². The van der Waals surface area contributed by atoms with Gasteiger partial charge in [0.1, 0.15) is 0 Å². The van der Waals surface area contributed by atoms with Gasteiger partial charge in [0, 0.05) is 5.54 Å². The number of rotatable bonds is 2. The van der Waals surface area contributed by atoms with Gasteiger partial charge < -0.3 is 8.85 Å². The molecule has 0 amide bonds. The molecule has 1 aromatic rings. The van der Waals surface area contributed by atoms with Crippen LogP contribution < -0.4 is 5.19 Å². The van der Waals surface area contributed by atoms with Crippen LogP contribution >= 0.6 is 0 Å². The van der Waals surface area contributed by atoms with Crippen molar-refractivity contribution in [3.8, 4) is 0 Å². The minimum absolute atomic E-state index is 0.623. The second-order valence-electron chi connectivity index (χ2n) is 5.62. The van der Waals surface area contributed by atoms with E-state index in [9.17, 15) is 0 Å². The molecular weight excluding hydrogens is 240 g/mol. The first-order valence-corrected chi connectivity index (χ1v) is 8.80. The zero-order valence-corrected chi connectivity index (χ0v) is 11.4. The Hall–Kier alpha value is -0.903. The van der Waals surface area contributed by atoms with Crippen molar-refractivity contribution in [2.75, 3.05) is 13.2 Å². The first-order chi connectivity index (χ1) is 8.88. The SMILES string of the molecule is C1=CC2CC1CC2[Si]1(c2ccccc2)OCCO1. The van der Waals surface area contributed by atoms with E-state index in [0.29, 0.717) is 11.5 Å². The van der Waals surface area contributed by atoms with Crippen molar-refractivity contribution in [2.24, 2.45) is 11.8 Å². The molecule has 1 aromatic carbocycles. The third kappa shape index (κ3) is 1.48. The zero-order chi connectivity index (χ0) is 12.0. The van der Waals surface area contributed by atoms with Crippen molar-refractivity contribution in [3.63, 3.8) is 0 Å². The molecule has 4 rings (SSSR count). The average molecular weight is 258 g/mol. The molecule has 3 unspecified atom stereocenters. The Balaban J connectivity index is 1.75. The van der Waals surface area contributed by atoms with E-state index < -0.39 is 8.56 Å². The van der Waals surface area contributed by atoms with E-state index in [0.717, 1.165) is 19.1 Å². The fourth-order valence-corrected chi connectivity index (χ4v) is 8.04. The van der Waals surface area contributed by atoms with Crippen LogP contribution in [0.2, 0.25) is 5.54 Å². The highest BCUT2D eigenvalue weighted by Gasteiger charge is 2.57. The normalized spacial score (nSPS) is 36.3. The van der Waals surface area contributed by atoms with Crippen molar-refractivity contribution in [1.29, 1.82) is 0 Å². The van der Waals surface area contributed by atoms with Crippen LogP contribution in [0.1, 0.15) is 12.8 Å². The summed E-state index contributed by atoms with van der Waals surface area (Å²) in [5, 5.41) is 1.33. The van der Waals surface area contributed by atoms with Crippen LogP contribution in [0.4, 0.5) is 0 Å². The Morgan fingerprint density at radius 1 is 0.944 bits per heavy atom. The second-order valence-corrected chi connectivity index (χ2v) is 8.85. The van der Waals surface area contributed by atoms with Gasteiger partial charge in [-0.1, -0.05) is 42.5 Å². The molecule has 3 atom stereocenters. The summed E-state index contributed by atoms with van der Waals surface area (Å²) in [6.45, 7) is 1.55. The Morgan fingerprint density at radius 2 is 1.72 bits per heavy atom. The standard InChI is InChI=1S/C15H18O2Si/c1-2-4-14(5-3-1)18(16-8-9-17-18)15-11-12-6-7-13(15)10-12/h1-7,12-13,15H,8-11H2. The van der Waals surface area contributed by atoms with Crippen LogP contribution in [-0.2, 0) is 8.85 Å². The van der Waals surface area contributed by atoms with Gasteiger partial charge >= 0.3 is 8.56 Å². The third-order valence-electron chi connectivity index (χ3n) is 4.66. The summed E-state index contributed by atoms with van der Waals surface area (Å²) in [4.78, 5) is 0. The Morgan fingerprint density at radius 3 is 2.33 bits per heavy atom. The molecule has 94 valence electrons. The van der Waals surface area contributed by atoms with Crippen molar-refractivity contribution < 1.29 is 8.85 Å². The molecule has 2 aliphatic carbocycles. The first-order valence-electron chi connectivity index (χ1n) is 6.90. The maximum absolute atomic E-state index is 6.25. The Labute approximate surface area is 109 Å². The molecule has 18 heavy (non-hydrogen) atoms. The lowest BCUT2D eigenvalue weighted by atomic mass is 10.1. The molecule has 2 bridgehead atoms. The van der Waals surface area contributed by atoms with Crippen LogP contribution in [0, 0.1) is 11.8 Å². The molecule has 1 saturated heterocycles. The number of hydrogen-bond acceptors (Lipinski definition) is 2. The van der Waals surface area contributed by atoms with Crippen LogP contribution in [0.25, 0.3) is 0 Å². The Bertz CT molecular complexity index is 465. The van der Waals surface area contributed by atoms with Gasteiger partial charge in [-0.25, -0.2) is 0 Å². The predicted octanol–water partition coefficient (Wildman–Crippen LogP) is 2.35. The van der Waals surface area contributed by atoms with Gasteiger partial charge in [-0.15, -0.1) is 0 Å². The van der Waals surface area contributed by atoms with E-state index in [-0.39, 0.29) is 0 Å². The largest absolute Gasteiger partial charge is 0.388 e. The van der Waals surface area contributed by atoms with Gasteiger partial charge in [0.05, 0.1) is 13.2 Å². The van der Waals surface area contributed by atoms with Gasteiger partial charge in [-0.05, 0) is 29.9 Å². The maximum Gasteiger partial charge on any atom is 0.376 e. The molecule has 2 nitrogen and oxygen atoms in total. The number of allylic oxidation sites excluding steroid dienone is 2. The summed E-state index contributed by atoms with van der Waals surface area (Å²) in [7, 11) is -2.18. The van der Waals surface area contributed by atoms with E-state index in [1.807, 2.05) is 0 Å². The lowest BCUT2D eigenvalue weighted by Crippen LogP contribution is -2.55. The highest BCUT2D eigenvalue weighted by Crippen LogP contribution is 2.52. The fourth-order valence-electron chi connectivity index (χ4n) is 3.91. The summed E-state index contributed by atoms with van der Waals surface area (Å²) in [5.74, 6) is 1.47. The zero-order valence-electron chi connectivity index (χ0n) is 10.4. The van der Waals surface area contributed by atoms with Crippen LogP contribution in [0.15, 0.2) is 42.5 Å². The highest BCUT2D eigenvalue weighted by molar-refractivity contribution is 6.82. The molecule has 1 saturated carbocycles. The molecule has 2 fully saturated rings. The van der Waals surface area contributed by atoms with Crippen molar-refractivity contribution in [2.45, 2.75) is 18.4 Å². The van der Waals surface area contributed by atoms with Gasteiger partial charge in [-0.2, -0.15) is 0 Å². The lowest BCUT2D eigenvalue weighted by molar-refractivity contribution is 0.322. The molecule has 0 aromatic heterocycles. The van der Waals surface area contributed by atoms with Crippen LogP contribution in [0.3, 0.4) is 0 Å². The average Bonchev–Trinajstić information content (AvgIpc) is 3.16. The lowest BCUT2D eigenvalue weighted by Gasteiger charge is -2.33. The third-order valence-corrected chi connectivity index (χ3v) is 8.70. The van der Waals surface area contributed by atoms with Crippen molar-refractivity contribution in [1.82, 2.24) is 0 Å². The number of benzene rings is 1. The predicted molar refractivity (Wildman–Crippen MR) is 72.8 cm³/mol. The number of fused-ring (bicyclic) bond motifs is 2. The van der Waals surface area contributed by atoms with E-state index in [1.165, 1.54) is 18.0 Å². The van der Waals surface area contributed by atoms with Gasteiger partial charge in [0.2, 0.25) is 0 Å². The van der Waals surface area contributed by atoms with Crippen LogP contribution in [-0.4, -0.2) is 21.8 Å². The van der Waals surface area contributed by atoms with Gasteiger partial charge in [-0.3, -0.25) is 0 Å². The van der Waals surface area contributed by atoms with E-state index in [1.54, 1.807) is 0 Å². The molecule has 0 spiro atoms. The minimum Gasteiger partial charge on any atom is -0.388 e. The molecule has 0 N–H and O–H groups in total. The number of hydrogen-bond donors (Lipinski definition) is 0. The monoisotopic (exact) mass is 258 g/mol. The smallest absolute Gasteiger partial charge is 0.376 e. The molecule has 0 radical (unpaired) electrons. The molecule has 1 aliphatic heterocycles. The van der Waals surface area contributed by atoms with E-state index in [4.69, 9.17) is 8.85 Å². The van der Waals surface area contributed by atoms with E-state index in [2.05, 4.69) is 42.5 Å². The molecule has 3 heteroatoms. The summed E-state index contributed by atoms with van der Waals surface area (Å²) < 4.78 is 12.5. The topological polar surface area (TPSA) is 18.5 Å². The van der Waals surface area contributed by atoms with Gasteiger partial charge in [0.15, 0.2) is 0 Å². The summed E-state index contributed by atoms with van der Waals surface area (Å²) in [6, 6.07) is 10.7. The molecule has 3 aliphatic rings. The molecular formula is C15H18O2Si. The summed E-state index contributed by atoms with van der Waals surface area (Å²) >= 11 is 0. The second kappa shape index (κ2) is 4.05. The van der Waals surface area contributed by atoms with Crippen LogP contribution in [0.5, 0.6) is 0 Å². The summed E-state index contributed by atoms with van der Waals surface area (Å²) in [5.41, 5.74) is 0.623. The molecule has 1 heterocycles. The van der Waals surface area contributed by atoms with Crippen molar-refractivity contribution in [3.05, 3.63) is 42.5 Å². The fraction of sp³-hybridized carbons (Fsp3) is 0.467. The first kappa shape index (κ1) is 11.0.